The number of rotatable bonds is 2. The molecule has 0 spiro atoms. The minimum absolute atomic E-state index is 0.112. The Balaban J connectivity index is 1.85. The Hall–Kier alpha value is -1.68. The molecule has 0 radical (unpaired) electrons. The first-order valence-electron chi connectivity index (χ1n) is 6.02. The lowest BCUT2D eigenvalue weighted by Gasteiger charge is -2.13. The van der Waals surface area contributed by atoms with Crippen LogP contribution in [0.3, 0.4) is 0 Å². The zero-order valence-electron chi connectivity index (χ0n) is 9.67. The Labute approximate surface area is 99.9 Å². The molecule has 0 amide bonds. The number of hydrogen-bond donors (Lipinski definition) is 0. The van der Waals surface area contributed by atoms with E-state index in [9.17, 15) is 4.79 Å². The SMILES string of the molecule is O=C(CN1CCCC1)n1cnc2ccccc21. The molecule has 1 saturated heterocycles. The third-order valence-corrected chi connectivity index (χ3v) is 3.28. The van der Waals surface area contributed by atoms with Gasteiger partial charge in [0, 0.05) is 0 Å². The number of para-hydroxylation sites is 2. The van der Waals surface area contributed by atoms with Crippen molar-refractivity contribution in [3.63, 3.8) is 0 Å². The van der Waals surface area contributed by atoms with Crippen molar-refractivity contribution in [3.8, 4) is 0 Å². The summed E-state index contributed by atoms with van der Waals surface area (Å²) in [4.78, 5) is 18.6. The van der Waals surface area contributed by atoms with Gasteiger partial charge in [-0.1, -0.05) is 12.1 Å². The van der Waals surface area contributed by atoms with Crippen LogP contribution >= 0.6 is 0 Å². The predicted molar refractivity (Wildman–Crippen MR) is 66.0 cm³/mol. The van der Waals surface area contributed by atoms with Gasteiger partial charge >= 0.3 is 0 Å². The number of carbonyl (C=O) groups is 1. The van der Waals surface area contributed by atoms with Crippen molar-refractivity contribution >= 4 is 16.9 Å². The summed E-state index contributed by atoms with van der Waals surface area (Å²) < 4.78 is 1.66. The fourth-order valence-corrected chi connectivity index (χ4v) is 2.37. The van der Waals surface area contributed by atoms with Crippen LogP contribution in [0.15, 0.2) is 30.6 Å². The van der Waals surface area contributed by atoms with Gasteiger partial charge in [0.25, 0.3) is 0 Å². The van der Waals surface area contributed by atoms with Gasteiger partial charge in [-0.2, -0.15) is 0 Å². The van der Waals surface area contributed by atoms with Gasteiger partial charge in [-0.25, -0.2) is 4.98 Å². The van der Waals surface area contributed by atoms with Crippen LogP contribution < -0.4 is 0 Å². The standard InChI is InChI=1S/C13H15N3O/c17-13(9-15-7-3-4-8-15)16-10-14-11-5-1-2-6-12(11)16/h1-2,5-6,10H,3-4,7-9H2. The first kappa shape index (κ1) is 10.5. The van der Waals surface area contributed by atoms with Crippen LogP contribution in [0.2, 0.25) is 0 Å². The molecule has 0 atom stereocenters. The number of likely N-dealkylation sites (tertiary alicyclic amines) is 1. The van der Waals surface area contributed by atoms with Gasteiger partial charge in [0.2, 0.25) is 5.91 Å². The molecule has 1 fully saturated rings. The van der Waals surface area contributed by atoms with Crippen LogP contribution in [-0.4, -0.2) is 40.0 Å². The average Bonchev–Trinajstić information content (AvgIpc) is 2.96. The highest BCUT2D eigenvalue weighted by Gasteiger charge is 2.17. The molecule has 88 valence electrons. The highest BCUT2D eigenvalue weighted by molar-refractivity contribution is 5.91. The summed E-state index contributed by atoms with van der Waals surface area (Å²) in [6, 6.07) is 7.73. The molecule has 0 bridgehead atoms. The van der Waals surface area contributed by atoms with Crippen LogP contribution in [0, 0.1) is 0 Å². The predicted octanol–water partition coefficient (Wildman–Crippen LogP) is 1.77. The maximum absolute atomic E-state index is 12.2. The van der Waals surface area contributed by atoms with E-state index >= 15 is 0 Å². The molecule has 2 aromatic rings. The second-order valence-corrected chi connectivity index (χ2v) is 4.48. The quantitative estimate of drug-likeness (QED) is 0.787. The third-order valence-electron chi connectivity index (χ3n) is 3.28. The van der Waals surface area contributed by atoms with Crippen LogP contribution in [0.4, 0.5) is 0 Å². The van der Waals surface area contributed by atoms with Crippen LogP contribution in [-0.2, 0) is 0 Å². The molecule has 1 aromatic carbocycles. The van der Waals surface area contributed by atoms with E-state index in [0.29, 0.717) is 6.54 Å². The molecule has 17 heavy (non-hydrogen) atoms. The van der Waals surface area contributed by atoms with E-state index in [2.05, 4.69) is 9.88 Å². The second kappa shape index (κ2) is 4.30. The van der Waals surface area contributed by atoms with E-state index in [1.807, 2.05) is 24.3 Å². The Kier molecular flexibility index (Phi) is 2.65. The first-order valence-corrected chi connectivity index (χ1v) is 6.02. The molecule has 0 N–H and O–H groups in total. The van der Waals surface area contributed by atoms with E-state index in [1.165, 1.54) is 12.8 Å². The van der Waals surface area contributed by atoms with Crippen molar-refractivity contribution in [2.45, 2.75) is 12.8 Å². The monoisotopic (exact) mass is 229 g/mol. The van der Waals surface area contributed by atoms with Crippen molar-refractivity contribution in [1.82, 2.24) is 14.5 Å². The van der Waals surface area contributed by atoms with Crippen molar-refractivity contribution in [1.29, 1.82) is 0 Å². The van der Waals surface area contributed by atoms with E-state index < -0.39 is 0 Å². The number of nitrogens with zero attached hydrogens (tertiary/aromatic N) is 3. The Bertz CT molecular complexity index is 540. The molecular formula is C13H15N3O. The number of hydrogen-bond acceptors (Lipinski definition) is 3. The molecule has 1 aliphatic rings. The number of aromatic nitrogens is 2. The largest absolute Gasteiger partial charge is 0.294 e. The molecule has 3 rings (SSSR count). The van der Waals surface area contributed by atoms with Crippen LogP contribution in [0.5, 0.6) is 0 Å². The Morgan fingerprint density at radius 1 is 1.24 bits per heavy atom. The number of benzene rings is 1. The molecule has 1 aliphatic heterocycles. The normalized spacial score (nSPS) is 16.7. The zero-order valence-corrected chi connectivity index (χ0v) is 9.67. The Morgan fingerprint density at radius 3 is 2.82 bits per heavy atom. The molecule has 4 nitrogen and oxygen atoms in total. The molecule has 4 heteroatoms. The topological polar surface area (TPSA) is 38.1 Å². The van der Waals surface area contributed by atoms with Crippen molar-refractivity contribution in [2.75, 3.05) is 19.6 Å². The Morgan fingerprint density at radius 2 is 2.00 bits per heavy atom. The van der Waals surface area contributed by atoms with Gasteiger partial charge < -0.3 is 0 Å². The van der Waals surface area contributed by atoms with Gasteiger partial charge in [0.1, 0.15) is 6.33 Å². The van der Waals surface area contributed by atoms with Crippen molar-refractivity contribution in [2.24, 2.45) is 0 Å². The third kappa shape index (κ3) is 1.96. The average molecular weight is 229 g/mol. The summed E-state index contributed by atoms with van der Waals surface area (Å²) in [6.45, 7) is 2.58. The highest BCUT2D eigenvalue weighted by Crippen LogP contribution is 2.13. The maximum atomic E-state index is 12.2. The minimum Gasteiger partial charge on any atom is -0.294 e. The minimum atomic E-state index is 0.112. The molecule has 1 aromatic heterocycles. The van der Waals surface area contributed by atoms with Crippen LogP contribution in [0.25, 0.3) is 11.0 Å². The summed E-state index contributed by atoms with van der Waals surface area (Å²) in [7, 11) is 0. The molecule has 0 saturated carbocycles. The van der Waals surface area contributed by atoms with Gasteiger partial charge in [0.15, 0.2) is 0 Å². The highest BCUT2D eigenvalue weighted by atomic mass is 16.2. The fraction of sp³-hybridized carbons (Fsp3) is 0.385. The van der Waals surface area contributed by atoms with Gasteiger partial charge in [-0.05, 0) is 38.1 Å². The second-order valence-electron chi connectivity index (χ2n) is 4.48. The maximum Gasteiger partial charge on any atom is 0.246 e. The molecule has 0 aliphatic carbocycles. The van der Waals surface area contributed by atoms with Gasteiger partial charge in [-0.15, -0.1) is 0 Å². The first-order chi connectivity index (χ1) is 8.34. The summed E-state index contributed by atoms with van der Waals surface area (Å²) in [5.41, 5.74) is 1.78. The lowest BCUT2D eigenvalue weighted by atomic mass is 10.3. The van der Waals surface area contributed by atoms with E-state index in [1.54, 1.807) is 10.9 Å². The van der Waals surface area contributed by atoms with E-state index in [4.69, 9.17) is 0 Å². The lowest BCUT2D eigenvalue weighted by molar-refractivity contribution is 0.0868. The summed E-state index contributed by atoms with van der Waals surface area (Å²) in [6.07, 6.45) is 4.04. The van der Waals surface area contributed by atoms with Crippen molar-refractivity contribution < 1.29 is 4.79 Å². The molecular weight excluding hydrogens is 214 g/mol. The summed E-state index contributed by atoms with van der Waals surface area (Å²) in [5, 5.41) is 0. The number of imidazole rings is 1. The van der Waals surface area contributed by atoms with Gasteiger partial charge in [-0.3, -0.25) is 14.3 Å². The number of carbonyl (C=O) groups excluding carboxylic acids is 1. The van der Waals surface area contributed by atoms with E-state index in [-0.39, 0.29) is 5.91 Å². The number of fused-ring (bicyclic) bond motifs is 1. The van der Waals surface area contributed by atoms with E-state index in [0.717, 1.165) is 24.1 Å². The molecule has 2 heterocycles. The smallest absolute Gasteiger partial charge is 0.246 e. The fourth-order valence-electron chi connectivity index (χ4n) is 2.37. The van der Waals surface area contributed by atoms with Crippen LogP contribution in [0.1, 0.15) is 17.6 Å². The summed E-state index contributed by atoms with van der Waals surface area (Å²) >= 11 is 0. The zero-order chi connectivity index (χ0) is 11.7. The summed E-state index contributed by atoms with van der Waals surface area (Å²) in [5.74, 6) is 0.112. The lowest BCUT2D eigenvalue weighted by Crippen LogP contribution is -2.29. The van der Waals surface area contributed by atoms with Crippen molar-refractivity contribution in [3.05, 3.63) is 30.6 Å². The van der Waals surface area contributed by atoms with Gasteiger partial charge in [0.05, 0.1) is 17.6 Å². The molecule has 0 unspecified atom stereocenters.